The van der Waals surface area contributed by atoms with Gasteiger partial charge in [0.2, 0.25) is 0 Å². The Kier molecular flexibility index (Phi) is 4.07. The molecule has 0 spiro atoms. The lowest BCUT2D eigenvalue weighted by atomic mass is 9.99. The van der Waals surface area contributed by atoms with Gasteiger partial charge in [-0.05, 0) is 42.7 Å². The van der Waals surface area contributed by atoms with Crippen molar-refractivity contribution in [3.63, 3.8) is 0 Å². The Morgan fingerprint density at radius 3 is 2.50 bits per heavy atom. The van der Waals surface area contributed by atoms with E-state index in [2.05, 4.69) is 60.1 Å². The minimum absolute atomic E-state index is 0.202. The largest absolute Gasteiger partial charge is 0.497 e. The van der Waals surface area contributed by atoms with Crippen LogP contribution in [0.1, 0.15) is 27.1 Å². The molecule has 2 rings (SSSR count). The van der Waals surface area contributed by atoms with Crippen LogP contribution in [0.4, 0.5) is 0 Å². The summed E-state index contributed by atoms with van der Waals surface area (Å²) in [4.78, 5) is 0.202. The van der Waals surface area contributed by atoms with Gasteiger partial charge in [0, 0.05) is 0 Å². The summed E-state index contributed by atoms with van der Waals surface area (Å²) in [6, 6.07) is 14.7. The van der Waals surface area contributed by atoms with E-state index in [0.717, 1.165) is 5.75 Å². The highest BCUT2D eigenvalue weighted by molar-refractivity contribution is 9.09. The topological polar surface area (TPSA) is 9.23 Å². The molecule has 0 saturated heterocycles. The molecule has 0 amide bonds. The summed E-state index contributed by atoms with van der Waals surface area (Å²) < 4.78 is 5.27. The van der Waals surface area contributed by atoms with Gasteiger partial charge in [-0.1, -0.05) is 51.8 Å². The van der Waals surface area contributed by atoms with Crippen LogP contribution in [-0.4, -0.2) is 7.11 Å². The Hall–Kier alpha value is -1.28. The lowest BCUT2D eigenvalue weighted by Crippen LogP contribution is -1.97. The third-order valence-electron chi connectivity index (χ3n) is 3.08. The molecule has 0 aromatic heterocycles. The maximum atomic E-state index is 5.27. The number of alkyl halides is 1. The van der Waals surface area contributed by atoms with Gasteiger partial charge in [0.05, 0.1) is 11.9 Å². The quantitative estimate of drug-likeness (QED) is 0.740. The molecular formula is C16H17BrO. The van der Waals surface area contributed by atoms with Crippen LogP contribution in [0, 0.1) is 13.8 Å². The Balaban J connectivity index is 2.37. The van der Waals surface area contributed by atoms with Crippen molar-refractivity contribution in [2.45, 2.75) is 18.7 Å². The van der Waals surface area contributed by atoms with Gasteiger partial charge in [-0.15, -0.1) is 0 Å². The van der Waals surface area contributed by atoms with Crippen LogP contribution in [-0.2, 0) is 0 Å². The number of rotatable bonds is 3. The molecule has 94 valence electrons. The second-order valence-electron chi connectivity index (χ2n) is 4.50. The molecule has 0 aliphatic heterocycles. The summed E-state index contributed by atoms with van der Waals surface area (Å²) in [5.41, 5.74) is 5.11. The summed E-state index contributed by atoms with van der Waals surface area (Å²) in [6.07, 6.45) is 0. The molecule has 0 aliphatic rings. The number of hydrogen-bond acceptors (Lipinski definition) is 1. The fourth-order valence-corrected chi connectivity index (χ4v) is 2.89. The molecule has 0 radical (unpaired) electrons. The SMILES string of the molecule is COc1cccc(C(Br)c2ccc(C)cc2C)c1. The average Bonchev–Trinajstić information content (AvgIpc) is 2.38. The minimum Gasteiger partial charge on any atom is -0.497 e. The number of halogens is 1. The Morgan fingerprint density at radius 1 is 1.06 bits per heavy atom. The highest BCUT2D eigenvalue weighted by Crippen LogP contribution is 2.34. The van der Waals surface area contributed by atoms with Crippen molar-refractivity contribution in [2.75, 3.05) is 7.11 Å². The molecule has 0 fully saturated rings. The van der Waals surface area contributed by atoms with Crippen molar-refractivity contribution in [3.05, 3.63) is 64.7 Å². The van der Waals surface area contributed by atoms with E-state index in [1.807, 2.05) is 12.1 Å². The van der Waals surface area contributed by atoms with Crippen molar-refractivity contribution in [2.24, 2.45) is 0 Å². The Labute approximate surface area is 117 Å². The molecule has 0 N–H and O–H groups in total. The molecule has 0 heterocycles. The zero-order valence-electron chi connectivity index (χ0n) is 10.9. The van der Waals surface area contributed by atoms with E-state index in [-0.39, 0.29) is 4.83 Å². The fourth-order valence-electron chi connectivity index (χ4n) is 2.09. The smallest absolute Gasteiger partial charge is 0.119 e. The first-order valence-corrected chi connectivity index (χ1v) is 6.88. The van der Waals surface area contributed by atoms with Crippen LogP contribution in [0.25, 0.3) is 0 Å². The predicted octanol–water partition coefficient (Wildman–Crippen LogP) is 4.80. The fraction of sp³-hybridized carbons (Fsp3) is 0.250. The molecule has 0 bridgehead atoms. The van der Waals surface area contributed by atoms with E-state index < -0.39 is 0 Å². The normalized spacial score (nSPS) is 12.2. The van der Waals surface area contributed by atoms with E-state index in [0.29, 0.717) is 0 Å². The number of aryl methyl sites for hydroxylation is 2. The van der Waals surface area contributed by atoms with Crippen LogP contribution in [0.15, 0.2) is 42.5 Å². The van der Waals surface area contributed by atoms with Crippen molar-refractivity contribution >= 4 is 15.9 Å². The number of methoxy groups -OCH3 is 1. The zero-order valence-corrected chi connectivity index (χ0v) is 12.5. The summed E-state index contributed by atoms with van der Waals surface area (Å²) in [7, 11) is 1.69. The van der Waals surface area contributed by atoms with E-state index in [9.17, 15) is 0 Å². The van der Waals surface area contributed by atoms with Gasteiger partial charge >= 0.3 is 0 Å². The first kappa shape index (κ1) is 13.2. The third kappa shape index (κ3) is 2.75. The highest BCUT2D eigenvalue weighted by Gasteiger charge is 2.13. The molecule has 18 heavy (non-hydrogen) atoms. The van der Waals surface area contributed by atoms with E-state index in [1.165, 1.54) is 22.3 Å². The van der Waals surface area contributed by atoms with Gasteiger partial charge in [-0.2, -0.15) is 0 Å². The van der Waals surface area contributed by atoms with Gasteiger partial charge < -0.3 is 4.74 Å². The molecule has 2 aromatic rings. The highest BCUT2D eigenvalue weighted by atomic mass is 79.9. The summed E-state index contributed by atoms with van der Waals surface area (Å²) in [5, 5.41) is 0. The first-order valence-electron chi connectivity index (χ1n) is 5.97. The lowest BCUT2D eigenvalue weighted by molar-refractivity contribution is 0.414. The van der Waals surface area contributed by atoms with E-state index in [1.54, 1.807) is 7.11 Å². The van der Waals surface area contributed by atoms with E-state index >= 15 is 0 Å². The van der Waals surface area contributed by atoms with Gasteiger partial charge in [-0.25, -0.2) is 0 Å². The number of benzene rings is 2. The minimum atomic E-state index is 0.202. The summed E-state index contributed by atoms with van der Waals surface area (Å²) >= 11 is 3.78. The maximum absolute atomic E-state index is 5.27. The molecule has 0 saturated carbocycles. The van der Waals surface area contributed by atoms with Crippen LogP contribution < -0.4 is 4.74 Å². The van der Waals surface area contributed by atoms with Gasteiger partial charge in [0.1, 0.15) is 5.75 Å². The lowest BCUT2D eigenvalue weighted by Gasteiger charge is -2.15. The van der Waals surface area contributed by atoms with Crippen LogP contribution in [0.5, 0.6) is 5.75 Å². The molecule has 2 aromatic carbocycles. The van der Waals surface area contributed by atoms with Crippen molar-refractivity contribution in [1.29, 1.82) is 0 Å². The second-order valence-corrected chi connectivity index (χ2v) is 5.41. The molecule has 2 heteroatoms. The van der Waals surface area contributed by atoms with Crippen LogP contribution in [0.3, 0.4) is 0 Å². The number of ether oxygens (including phenoxy) is 1. The third-order valence-corrected chi connectivity index (χ3v) is 4.11. The summed E-state index contributed by atoms with van der Waals surface area (Å²) in [6.45, 7) is 4.27. The molecule has 1 atom stereocenters. The van der Waals surface area contributed by atoms with Gasteiger partial charge in [0.25, 0.3) is 0 Å². The maximum Gasteiger partial charge on any atom is 0.119 e. The molecular weight excluding hydrogens is 288 g/mol. The van der Waals surface area contributed by atoms with Gasteiger partial charge in [-0.3, -0.25) is 0 Å². The Bertz CT molecular complexity index is 549. The average molecular weight is 305 g/mol. The molecule has 0 aliphatic carbocycles. The van der Waals surface area contributed by atoms with Crippen LogP contribution >= 0.6 is 15.9 Å². The standard InChI is InChI=1S/C16H17BrO/c1-11-7-8-15(12(2)9-11)16(17)13-5-4-6-14(10-13)18-3/h4-10,16H,1-3H3. The zero-order chi connectivity index (χ0) is 13.1. The molecule has 1 unspecified atom stereocenters. The summed E-state index contributed by atoms with van der Waals surface area (Å²) in [5.74, 6) is 0.890. The van der Waals surface area contributed by atoms with Crippen molar-refractivity contribution < 1.29 is 4.74 Å². The molecule has 1 nitrogen and oxygen atoms in total. The van der Waals surface area contributed by atoms with Crippen LogP contribution in [0.2, 0.25) is 0 Å². The van der Waals surface area contributed by atoms with Crippen molar-refractivity contribution in [1.82, 2.24) is 0 Å². The predicted molar refractivity (Wildman–Crippen MR) is 79.7 cm³/mol. The first-order chi connectivity index (χ1) is 8.61. The monoisotopic (exact) mass is 304 g/mol. The van der Waals surface area contributed by atoms with Gasteiger partial charge in [0.15, 0.2) is 0 Å². The van der Waals surface area contributed by atoms with E-state index in [4.69, 9.17) is 4.74 Å². The Morgan fingerprint density at radius 2 is 1.83 bits per heavy atom. The second kappa shape index (κ2) is 5.57. The number of hydrogen-bond donors (Lipinski definition) is 0. The van der Waals surface area contributed by atoms with Crippen molar-refractivity contribution in [3.8, 4) is 5.75 Å².